The lowest BCUT2D eigenvalue weighted by atomic mass is 10.3. The molecule has 10 heteroatoms. The van der Waals surface area contributed by atoms with E-state index in [1.807, 2.05) is 6.07 Å². The lowest BCUT2D eigenvalue weighted by molar-refractivity contribution is -0.143. The van der Waals surface area contributed by atoms with E-state index in [0.717, 1.165) is 8.87 Å². The summed E-state index contributed by atoms with van der Waals surface area (Å²) in [7, 11) is -2.46. The van der Waals surface area contributed by atoms with Crippen LogP contribution in [-0.4, -0.2) is 43.5 Å². The first-order valence-corrected chi connectivity index (χ1v) is 8.87. The van der Waals surface area contributed by atoms with Gasteiger partial charge in [0.1, 0.15) is 6.54 Å². The van der Waals surface area contributed by atoms with Gasteiger partial charge < -0.3 is 9.15 Å². The van der Waals surface area contributed by atoms with E-state index < -0.39 is 21.7 Å². The highest BCUT2D eigenvalue weighted by molar-refractivity contribution is 7.89. The zero-order chi connectivity index (χ0) is 18.6. The lowest BCUT2D eigenvalue weighted by Gasteiger charge is -2.15. The van der Waals surface area contributed by atoms with Crippen molar-refractivity contribution in [1.82, 2.24) is 8.87 Å². The number of sulfonamides is 1. The number of nitriles is 1. The van der Waals surface area contributed by atoms with Crippen LogP contribution in [0.25, 0.3) is 11.1 Å². The molecule has 2 aromatic rings. The fourth-order valence-corrected chi connectivity index (χ4v) is 3.39. The summed E-state index contributed by atoms with van der Waals surface area (Å²) in [6, 6.07) is 5.81. The van der Waals surface area contributed by atoms with Crippen molar-refractivity contribution >= 4 is 27.1 Å². The summed E-state index contributed by atoms with van der Waals surface area (Å²) in [5.41, 5.74) is 0.334. The Labute approximate surface area is 144 Å². The second-order valence-electron chi connectivity index (χ2n) is 5.12. The number of fused-ring (bicyclic) bond motifs is 1. The first-order chi connectivity index (χ1) is 11.8. The van der Waals surface area contributed by atoms with Gasteiger partial charge >= 0.3 is 11.7 Å². The highest BCUT2D eigenvalue weighted by atomic mass is 32.2. The molecule has 134 valence electrons. The van der Waals surface area contributed by atoms with Gasteiger partial charge in [0.05, 0.1) is 23.1 Å². The molecule has 0 fully saturated rings. The minimum Gasteiger partial charge on any atom is -0.465 e. The van der Waals surface area contributed by atoms with Crippen molar-refractivity contribution in [2.45, 2.75) is 24.8 Å². The van der Waals surface area contributed by atoms with Crippen molar-refractivity contribution in [3.63, 3.8) is 0 Å². The van der Waals surface area contributed by atoms with Crippen molar-refractivity contribution in [3.05, 3.63) is 28.7 Å². The molecule has 0 aliphatic rings. The Hall–Kier alpha value is -2.64. The predicted octanol–water partition coefficient (Wildman–Crippen LogP) is 0.692. The fourth-order valence-electron chi connectivity index (χ4n) is 2.20. The number of oxazole rings is 1. The quantitative estimate of drug-likeness (QED) is 0.660. The molecule has 0 aliphatic carbocycles. The molecule has 1 heterocycles. The van der Waals surface area contributed by atoms with E-state index in [4.69, 9.17) is 14.4 Å². The number of hydrogen-bond donors (Lipinski definition) is 0. The standard InChI is InChI=1S/C15H17N3O6S/c1-3-23-14(19)10-18-12-6-5-11(9-13(12)24-15(18)20)25(21,22)17(2)8-4-7-16/h5-6,9H,3-4,8,10H2,1-2H3. The van der Waals surface area contributed by atoms with E-state index in [1.165, 1.54) is 25.2 Å². The third-order valence-electron chi connectivity index (χ3n) is 3.48. The minimum atomic E-state index is -3.82. The van der Waals surface area contributed by atoms with Crippen LogP contribution in [0.3, 0.4) is 0 Å². The van der Waals surface area contributed by atoms with Gasteiger partial charge in [0.15, 0.2) is 5.58 Å². The molecule has 0 amide bonds. The van der Waals surface area contributed by atoms with E-state index in [2.05, 4.69) is 0 Å². The molecular weight excluding hydrogens is 350 g/mol. The maximum Gasteiger partial charge on any atom is 0.420 e. The molecule has 0 N–H and O–H groups in total. The first-order valence-electron chi connectivity index (χ1n) is 7.43. The molecule has 0 aliphatic heterocycles. The summed E-state index contributed by atoms with van der Waals surface area (Å²) in [5, 5.41) is 8.57. The molecule has 0 atom stereocenters. The maximum atomic E-state index is 12.5. The normalized spacial score (nSPS) is 11.6. The molecule has 1 aromatic heterocycles. The van der Waals surface area contributed by atoms with Crippen LogP contribution in [0.5, 0.6) is 0 Å². The zero-order valence-electron chi connectivity index (χ0n) is 13.8. The van der Waals surface area contributed by atoms with Crippen LogP contribution in [0.15, 0.2) is 32.3 Å². The van der Waals surface area contributed by atoms with Gasteiger partial charge in [-0.1, -0.05) is 0 Å². The Kier molecular flexibility index (Phi) is 5.61. The van der Waals surface area contributed by atoms with Crippen LogP contribution in [0.1, 0.15) is 13.3 Å². The number of benzene rings is 1. The Bertz CT molecular complexity index is 983. The molecule has 1 aromatic carbocycles. The molecule has 9 nitrogen and oxygen atoms in total. The number of carbonyl (C=O) groups excluding carboxylic acids is 1. The third kappa shape index (κ3) is 3.89. The number of rotatable bonds is 7. The maximum absolute atomic E-state index is 12.5. The van der Waals surface area contributed by atoms with Gasteiger partial charge in [0.2, 0.25) is 10.0 Å². The molecule has 0 saturated heterocycles. The van der Waals surface area contributed by atoms with Crippen LogP contribution in [0.2, 0.25) is 0 Å². The van der Waals surface area contributed by atoms with Crippen LogP contribution < -0.4 is 5.76 Å². The number of carbonyl (C=O) groups is 1. The average Bonchev–Trinajstić information content (AvgIpc) is 2.87. The highest BCUT2D eigenvalue weighted by Crippen LogP contribution is 2.21. The monoisotopic (exact) mass is 367 g/mol. The van der Waals surface area contributed by atoms with E-state index in [9.17, 15) is 18.0 Å². The molecule has 2 rings (SSSR count). The van der Waals surface area contributed by atoms with Crippen LogP contribution in [-0.2, 0) is 26.1 Å². The van der Waals surface area contributed by atoms with Gasteiger partial charge in [0, 0.05) is 26.1 Å². The van der Waals surface area contributed by atoms with Crippen LogP contribution >= 0.6 is 0 Å². The molecule has 0 spiro atoms. The second kappa shape index (κ2) is 7.50. The van der Waals surface area contributed by atoms with E-state index >= 15 is 0 Å². The van der Waals surface area contributed by atoms with E-state index in [1.54, 1.807) is 6.92 Å². The summed E-state index contributed by atoms with van der Waals surface area (Å²) in [5.74, 6) is -1.38. The number of nitrogens with zero attached hydrogens (tertiary/aromatic N) is 3. The highest BCUT2D eigenvalue weighted by Gasteiger charge is 2.22. The van der Waals surface area contributed by atoms with E-state index in [0.29, 0.717) is 0 Å². The Morgan fingerprint density at radius 1 is 1.44 bits per heavy atom. The van der Waals surface area contributed by atoms with Crippen molar-refractivity contribution in [2.24, 2.45) is 0 Å². The summed E-state index contributed by atoms with van der Waals surface area (Å²) < 4.78 is 36.9. The smallest absolute Gasteiger partial charge is 0.420 e. The van der Waals surface area contributed by atoms with Gasteiger partial charge in [-0.3, -0.25) is 9.36 Å². The molecule has 0 unspecified atom stereocenters. The largest absolute Gasteiger partial charge is 0.465 e. The summed E-state index contributed by atoms with van der Waals surface area (Å²) in [6.45, 7) is 1.55. The summed E-state index contributed by atoms with van der Waals surface area (Å²) in [6.07, 6.45) is 0.0585. The average molecular weight is 367 g/mol. The summed E-state index contributed by atoms with van der Waals surface area (Å²) >= 11 is 0. The van der Waals surface area contributed by atoms with Gasteiger partial charge in [-0.05, 0) is 19.1 Å². The Morgan fingerprint density at radius 2 is 2.16 bits per heavy atom. The van der Waals surface area contributed by atoms with Crippen molar-refractivity contribution < 1.29 is 22.4 Å². The lowest BCUT2D eigenvalue weighted by Crippen LogP contribution is -2.27. The number of esters is 1. The Balaban J connectivity index is 2.40. The number of hydrogen-bond acceptors (Lipinski definition) is 7. The number of aromatic nitrogens is 1. The van der Waals surface area contributed by atoms with Crippen molar-refractivity contribution in [2.75, 3.05) is 20.2 Å². The van der Waals surface area contributed by atoms with Gasteiger partial charge in [0.25, 0.3) is 0 Å². The predicted molar refractivity (Wildman–Crippen MR) is 87.2 cm³/mol. The zero-order valence-corrected chi connectivity index (χ0v) is 14.6. The van der Waals surface area contributed by atoms with Crippen LogP contribution in [0, 0.1) is 11.3 Å². The number of ether oxygens (including phenoxy) is 1. The molecule has 25 heavy (non-hydrogen) atoms. The van der Waals surface area contributed by atoms with Gasteiger partial charge in [-0.2, -0.15) is 9.57 Å². The van der Waals surface area contributed by atoms with E-state index in [-0.39, 0.29) is 42.1 Å². The van der Waals surface area contributed by atoms with Crippen LogP contribution in [0.4, 0.5) is 0 Å². The van der Waals surface area contributed by atoms with Crippen molar-refractivity contribution in [1.29, 1.82) is 5.26 Å². The molecule has 0 radical (unpaired) electrons. The third-order valence-corrected chi connectivity index (χ3v) is 5.33. The molecule has 0 saturated carbocycles. The minimum absolute atomic E-state index is 0.0454. The summed E-state index contributed by atoms with van der Waals surface area (Å²) in [4.78, 5) is 23.4. The Morgan fingerprint density at radius 3 is 2.80 bits per heavy atom. The second-order valence-corrected chi connectivity index (χ2v) is 7.17. The van der Waals surface area contributed by atoms with Gasteiger partial charge in [-0.15, -0.1) is 0 Å². The molecule has 0 bridgehead atoms. The molecular formula is C15H17N3O6S. The topological polar surface area (TPSA) is 123 Å². The van der Waals surface area contributed by atoms with Crippen molar-refractivity contribution in [3.8, 4) is 6.07 Å². The fraction of sp³-hybridized carbons (Fsp3) is 0.400. The first kappa shape index (κ1) is 18.7. The SMILES string of the molecule is CCOC(=O)Cn1c(=O)oc2cc(S(=O)(=O)N(C)CCC#N)ccc21. The van der Waals surface area contributed by atoms with Gasteiger partial charge in [-0.25, -0.2) is 13.2 Å².